The van der Waals surface area contributed by atoms with Gasteiger partial charge in [0.2, 0.25) is 5.91 Å². The number of carbonyl (C=O) groups is 1. The normalized spacial score (nSPS) is 21.2. The number of benzene rings is 1. The zero-order chi connectivity index (χ0) is 22.1. The van der Waals surface area contributed by atoms with Crippen LogP contribution in [-0.2, 0) is 16.0 Å². The van der Waals surface area contributed by atoms with Crippen LogP contribution in [0, 0.1) is 0 Å². The van der Waals surface area contributed by atoms with Crippen LogP contribution < -0.4 is 5.32 Å². The summed E-state index contributed by atoms with van der Waals surface area (Å²) in [6, 6.07) is 12.9. The summed E-state index contributed by atoms with van der Waals surface area (Å²) >= 11 is 0. The van der Waals surface area contributed by atoms with Crippen molar-refractivity contribution in [3.63, 3.8) is 0 Å². The maximum absolute atomic E-state index is 12.1. The molecule has 1 aliphatic rings. The first-order valence-electron chi connectivity index (χ1n) is 11.3. The maximum Gasteiger partial charge on any atom is 0.221 e. The average Bonchev–Trinajstić information content (AvgIpc) is 2.77. The molecule has 1 amide bonds. The zero-order valence-corrected chi connectivity index (χ0v) is 18.7. The highest BCUT2D eigenvalue weighted by molar-refractivity contribution is 5.76. The molecule has 1 aromatic carbocycles. The molecule has 6 nitrogen and oxygen atoms in total. The Bertz CT molecular complexity index is 787. The molecular weight excluding hydrogens is 390 g/mol. The summed E-state index contributed by atoms with van der Waals surface area (Å²) in [6.45, 7) is 3.38. The predicted octanol–water partition coefficient (Wildman–Crippen LogP) is 3.40. The van der Waals surface area contributed by atoms with Crippen LogP contribution in [0.2, 0.25) is 0 Å². The van der Waals surface area contributed by atoms with Crippen LogP contribution in [-0.4, -0.2) is 59.5 Å². The van der Waals surface area contributed by atoms with Gasteiger partial charge in [-0.3, -0.25) is 9.78 Å². The zero-order valence-electron chi connectivity index (χ0n) is 18.7. The fraction of sp³-hybridized carbons (Fsp3) is 0.520. The molecule has 1 saturated heterocycles. The number of aliphatic hydroxyl groups excluding tert-OH is 1. The summed E-state index contributed by atoms with van der Waals surface area (Å²) in [5.41, 5.74) is 3.62. The SMILES string of the molecule is CC1CC(N(C)CCC(=O)NCCCCc2ccc(-c3cccnc3)cc2)CC(O)O1. The van der Waals surface area contributed by atoms with Crippen LogP contribution in [0.25, 0.3) is 11.1 Å². The molecule has 6 heteroatoms. The number of unbranched alkanes of at least 4 members (excludes halogenated alkanes) is 1. The van der Waals surface area contributed by atoms with E-state index in [0.717, 1.165) is 31.2 Å². The lowest BCUT2D eigenvalue weighted by molar-refractivity contribution is -0.173. The molecular formula is C25H35N3O3. The van der Waals surface area contributed by atoms with Crippen molar-refractivity contribution in [3.05, 3.63) is 54.4 Å². The first-order valence-corrected chi connectivity index (χ1v) is 11.3. The van der Waals surface area contributed by atoms with Gasteiger partial charge < -0.3 is 20.1 Å². The first kappa shape index (κ1) is 23.4. The van der Waals surface area contributed by atoms with Gasteiger partial charge in [0, 0.05) is 44.4 Å². The summed E-state index contributed by atoms with van der Waals surface area (Å²) in [5.74, 6) is 0.0910. The largest absolute Gasteiger partial charge is 0.368 e. The minimum Gasteiger partial charge on any atom is -0.368 e. The average molecular weight is 426 g/mol. The van der Waals surface area contributed by atoms with E-state index in [4.69, 9.17) is 4.74 Å². The van der Waals surface area contributed by atoms with Gasteiger partial charge in [0.25, 0.3) is 0 Å². The number of amides is 1. The number of aliphatic hydroxyl groups is 1. The molecule has 31 heavy (non-hydrogen) atoms. The van der Waals surface area contributed by atoms with E-state index in [2.05, 4.69) is 45.5 Å². The summed E-state index contributed by atoms with van der Waals surface area (Å²) in [7, 11) is 2.02. The second-order valence-electron chi connectivity index (χ2n) is 8.50. The van der Waals surface area contributed by atoms with Crippen LogP contribution in [0.15, 0.2) is 48.8 Å². The van der Waals surface area contributed by atoms with Crippen molar-refractivity contribution in [2.24, 2.45) is 0 Å². The Morgan fingerprint density at radius 1 is 1.19 bits per heavy atom. The number of carbonyl (C=O) groups excluding carboxylic acids is 1. The Labute approximate surface area is 185 Å². The number of nitrogens with one attached hydrogen (secondary N) is 1. The first-order chi connectivity index (χ1) is 15.0. The van der Waals surface area contributed by atoms with E-state index in [0.29, 0.717) is 25.9 Å². The molecule has 0 saturated carbocycles. The van der Waals surface area contributed by atoms with Crippen LogP contribution in [0.5, 0.6) is 0 Å². The van der Waals surface area contributed by atoms with Crippen molar-refractivity contribution >= 4 is 5.91 Å². The third-order valence-corrected chi connectivity index (χ3v) is 5.95. The van der Waals surface area contributed by atoms with E-state index < -0.39 is 6.29 Å². The molecule has 0 radical (unpaired) electrons. The van der Waals surface area contributed by atoms with Crippen LogP contribution in [0.1, 0.15) is 44.6 Å². The molecule has 0 aliphatic carbocycles. The number of pyridine rings is 1. The van der Waals surface area contributed by atoms with Gasteiger partial charge >= 0.3 is 0 Å². The second kappa shape index (κ2) is 11.9. The van der Waals surface area contributed by atoms with Gasteiger partial charge in [0.15, 0.2) is 6.29 Å². The molecule has 2 heterocycles. The number of rotatable bonds is 10. The molecule has 2 aromatic rings. The van der Waals surface area contributed by atoms with Gasteiger partial charge in [0.1, 0.15) is 0 Å². The Morgan fingerprint density at radius 2 is 2.00 bits per heavy atom. The monoisotopic (exact) mass is 425 g/mol. The second-order valence-corrected chi connectivity index (χ2v) is 8.50. The summed E-state index contributed by atoms with van der Waals surface area (Å²) in [6.07, 6.45) is 8.01. The fourth-order valence-electron chi connectivity index (χ4n) is 4.08. The standard InChI is InChI=1S/C25H35N3O3/c1-19-16-23(17-25(30)31-19)28(2)15-12-24(29)27-14-4-3-6-20-8-10-21(11-9-20)22-7-5-13-26-18-22/h5,7-11,13,18-19,23,25,30H,3-4,6,12,14-17H2,1-2H3,(H,27,29). The van der Waals surface area contributed by atoms with E-state index >= 15 is 0 Å². The molecule has 168 valence electrons. The molecule has 0 spiro atoms. The van der Waals surface area contributed by atoms with Crippen molar-refractivity contribution in [1.29, 1.82) is 0 Å². The third kappa shape index (κ3) is 7.73. The quantitative estimate of drug-likeness (QED) is 0.571. The molecule has 0 bridgehead atoms. The Hall–Kier alpha value is -2.28. The van der Waals surface area contributed by atoms with Gasteiger partial charge in [-0.1, -0.05) is 30.3 Å². The number of nitrogens with zero attached hydrogens (tertiary/aromatic N) is 2. The maximum atomic E-state index is 12.1. The van der Waals surface area contributed by atoms with E-state index in [1.54, 1.807) is 6.20 Å². The minimum atomic E-state index is -0.698. The van der Waals surface area contributed by atoms with Crippen molar-refractivity contribution in [3.8, 4) is 11.1 Å². The van der Waals surface area contributed by atoms with Gasteiger partial charge in [0.05, 0.1) is 6.10 Å². The fourth-order valence-corrected chi connectivity index (χ4v) is 4.08. The van der Waals surface area contributed by atoms with Crippen LogP contribution in [0.4, 0.5) is 0 Å². The van der Waals surface area contributed by atoms with E-state index in [-0.39, 0.29) is 18.1 Å². The molecule has 1 aromatic heterocycles. The molecule has 3 rings (SSSR count). The Balaban J connectivity index is 1.28. The Kier molecular flexibility index (Phi) is 9.00. The van der Waals surface area contributed by atoms with Crippen molar-refractivity contribution in [1.82, 2.24) is 15.2 Å². The van der Waals surface area contributed by atoms with E-state index in [9.17, 15) is 9.90 Å². The minimum absolute atomic E-state index is 0.0524. The summed E-state index contributed by atoms with van der Waals surface area (Å²) in [4.78, 5) is 18.5. The third-order valence-electron chi connectivity index (χ3n) is 5.95. The summed E-state index contributed by atoms with van der Waals surface area (Å²) < 4.78 is 5.37. The molecule has 1 fully saturated rings. The van der Waals surface area contributed by atoms with E-state index in [1.807, 2.05) is 26.2 Å². The summed E-state index contributed by atoms with van der Waals surface area (Å²) in [5, 5.41) is 12.8. The van der Waals surface area contributed by atoms with Gasteiger partial charge in [-0.2, -0.15) is 0 Å². The number of aromatic nitrogens is 1. The smallest absolute Gasteiger partial charge is 0.221 e. The van der Waals surface area contributed by atoms with Gasteiger partial charge in [-0.25, -0.2) is 0 Å². The topological polar surface area (TPSA) is 74.7 Å². The number of aryl methyl sites for hydroxylation is 1. The Morgan fingerprint density at radius 3 is 2.71 bits per heavy atom. The lowest BCUT2D eigenvalue weighted by Gasteiger charge is -2.36. The molecule has 2 N–H and O–H groups in total. The van der Waals surface area contributed by atoms with Crippen molar-refractivity contribution in [2.45, 2.75) is 63.9 Å². The van der Waals surface area contributed by atoms with E-state index in [1.165, 1.54) is 11.1 Å². The molecule has 3 unspecified atom stereocenters. The van der Waals surface area contributed by atoms with Crippen LogP contribution in [0.3, 0.4) is 0 Å². The van der Waals surface area contributed by atoms with Crippen LogP contribution >= 0.6 is 0 Å². The van der Waals surface area contributed by atoms with Crippen molar-refractivity contribution in [2.75, 3.05) is 20.1 Å². The van der Waals surface area contributed by atoms with Gasteiger partial charge in [-0.15, -0.1) is 0 Å². The number of ether oxygens (including phenoxy) is 1. The van der Waals surface area contributed by atoms with Gasteiger partial charge in [-0.05, 0) is 62.4 Å². The molecule has 3 atom stereocenters. The number of hydrogen-bond acceptors (Lipinski definition) is 5. The lowest BCUT2D eigenvalue weighted by atomic mass is 10.0. The highest BCUT2D eigenvalue weighted by Crippen LogP contribution is 2.22. The van der Waals surface area contributed by atoms with Crippen molar-refractivity contribution < 1.29 is 14.6 Å². The predicted molar refractivity (Wildman–Crippen MR) is 122 cm³/mol. The highest BCUT2D eigenvalue weighted by Gasteiger charge is 2.28. The highest BCUT2D eigenvalue weighted by atomic mass is 16.6. The lowest BCUT2D eigenvalue weighted by Crippen LogP contribution is -2.44. The number of hydrogen-bond donors (Lipinski definition) is 2. The molecule has 1 aliphatic heterocycles.